The van der Waals surface area contributed by atoms with Gasteiger partial charge in [0.2, 0.25) is 5.91 Å². The number of benzene rings is 1. The second-order valence-corrected chi connectivity index (χ2v) is 4.72. The number of nitrogen functional groups attached to an aromatic ring is 1. The lowest BCUT2D eigenvalue weighted by Crippen LogP contribution is -2.45. The number of hydrogen-bond acceptors (Lipinski definition) is 4. The van der Waals surface area contributed by atoms with E-state index in [1.165, 1.54) is 0 Å². The first kappa shape index (κ1) is 12.2. The van der Waals surface area contributed by atoms with Crippen LogP contribution in [0.3, 0.4) is 0 Å². The third kappa shape index (κ3) is 2.07. The SMILES string of the molecule is CC(C)(Nc1ccc(N)c2cccnc12)C(N)=O. The molecule has 1 heterocycles. The van der Waals surface area contributed by atoms with Gasteiger partial charge in [-0.3, -0.25) is 9.78 Å². The van der Waals surface area contributed by atoms with E-state index in [0.717, 1.165) is 16.6 Å². The molecule has 0 unspecified atom stereocenters. The largest absolute Gasteiger partial charge is 0.398 e. The monoisotopic (exact) mass is 244 g/mol. The Labute approximate surface area is 105 Å². The van der Waals surface area contributed by atoms with E-state index in [9.17, 15) is 4.79 Å². The molecule has 5 nitrogen and oxygen atoms in total. The molecule has 5 heteroatoms. The Morgan fingerprint density at radius 3 is 2.72 bits per heavy atom. The first-order valence-corrected chi connectivity index (χ1v) is 5.63. The third-order valence-electron chi connectivity index (χ3n) is 2.87. The number of hydrogen-bond donors (Lipinski definition) is 3. The van der Waals surface area contributed by atoms with Crippen LogP contribution in [0.1, 0.15) is 13.8 Å². The van der Waals surface area contributed by atoms with Crippen LogP contribution < -0.4 is 16.8 Å². The van der Waals surface area contributed by atoms with Crippen LogP contribution in [0.4, 0.5) is 11.4 Å². The molecule has 0 aliphatic carbocycles. The number of nitrogens with zero attached hydrogens (tertiary/aromatic N) is 1. The van der Waals surface area contributed by atoms with Crippen LogP contribution in [0.2, 0.25) is 0 Å². The molecule has 5 N–H and O–H groups in total. The normalized spacial score (nSPS) is 11.4. The Hall–Kier alpha value is -2.30. The average Bonchev–Trinajstić information content (AvgIpc) is 2.33. The van der Waals surface area contributed by atoms with Crippen molar-refractivity contribution in [3.05, 3.63) is 30.5 Å². The Balaban J connectivity index is 2.53. The predicted octanol–water partition coefficient (Wildman–Crippen LogP) is 1.49. The molecule has 2 rings (SSSR count). The summed E-state index contributed by atoms with van der Waals surface area (Å²) in [5, 5.41) is 3.95. The maximum absolute atomic E-state index is 11.3. The van der Waals surface area contributed by atoms with Crippen molar-refractivity contribution in [3.8, 4) is 0 Å². The van der Waals surface area contributed by atoms with Gasteiger partial charge in [-0.15, -0.1) is 0 Å². The number of amides is 1. The molecule has 1 aromatic heterocycles. The number of nitrogens with one attached hydrogen (secondary N) is 1. The van der Waals surface area contributed by atoms with Crippen LogP contribution >= 0.6 is 0 Å². The lowest BCUT2D eigenvalue weighted by atomic mass is 10.0. The molecular weight excluding hydrogens is 228 g/mol. The van der Waals surface area contributed by atoms with Gasteiger partial charge in [-0.25, -0.2) is 0 Å². The molecule has 0 saturated heterocycles. The topological polar surface area (TPSA) is 94.0 Å². The molecule has 0 fully saturated rings. The van der Waals surface area contributed by atoms with Gasteiger partial charge in [-0.1, -0.05) is 0 Å². The van der Waals surface area contributed by atoms with Crippen molar-refractivity contribution in [2.45, 2.75) is 19.4 Å². The number of aromatic nitrogens is 1. The highest BCUT2D eigenvalue weighted by atomic mass is 16.1. The van der Waals surface area contributed by atoms with Gasteiger partial charge in [-0.2, -0.15) is 0 Å². The summed E-state index contributed by atoms with van der Waals surface area (Å²) in [6.07, 6.45) is 1.68. The van der Waals surface area contributed by atoms with E-state index in [1.54, 1.807) is 32.2 Å². The number of primary amides is 1. The highest BCUT2D eigenvalue weighted by Crippen LogP contribution is 2.28. The van der Waals surface area contributed by atoms with E-state index in [4.69, 9.17) is 11.5 Å². The summed E-state index contributed by atoms with van der Waals surface area (Å²) in [7, 11) is 0. The van der Waals surface area contributed by atoms with E-state index >= 15 is 0 Å². The van der Waals surface area contributed by atoms with E-state index in [2.05, 4.69) is 10.3 Å². The van der Waals surface area contributed by atoms with Gasteiger partial charge in [0, 0.05) is 17.3 Å². The fourth-order valence-electron chi connectivity index (χ4n) is 1.69. The maximum Gasteiger partial charge on any atom is 0.242 e. The molecule has 0 aliphatic rings. The predicted molar refractivity (Wildman–Crippen MR) is 73.1 cm³/mol. The minimum atomic E-state index is -0.847. The molecule has 0 aliphatic heterocycles. The molecule has 18 heavy (non-hydrogen) atoms. The Bertz CT molecular complexity index is 607. The van der Waals surface area contributed by atoms with Crippen LogP contribution in [0.5, 0.6) is 0 Å². The third-order valence-corrected chi connectivity index (χ3v) is 2.87. The molecule has 1 aromatic carbocycles. The molecule has 0 saturated carbocycles. The van der Waals surface area contributed by atoms with Gasteiger partial charge in [0.15, 0.2) is 0 Å². The van der Waals surface area contributed by atoms with Crippen molar-refractivity contribution in [3.63, 3.8) is 0 Å². The van der Waals surface area contributed by atoms with Crippen molar-refractivity contribution in [1.82, 2.24) is 4.98 Å². The van der Waals surface area contributed by atoms with Gasteiger partial charge >= 0.3 is 0 Å². The van der Waals surface area contributed by atoms with Crippen LogP contribution in [0, 0.1) is 0 Å². The Morgan fingerprint density at radius 1 is 1.33 bits per heavy atom. The fraction of sp³-hybridized carbons (Fsp3) is 0.231. The zero-order valence-electron chi connectivity index (χ0n) is 10.4. The second kappa shape index (κ2) is 4.18. The van der Waals surface area contributed by atoms with Crippen molar-refractivity contribution in [2.75, 3.05) is 11.1 Å². The molecule has 2 aromatic rings. The zero-order valence-corrected chi connectivity index (χ0v) is 10.4. The molecule has 0 bridgehead atoms. The van der Waals surface area contributed by atoms with E-state index in [1.807, 2.05) is 12.1 Å². The molecule has 0 atom stereocenters. The summed E-state index contributed by atoms with van der Waals surface area (Å²) >= 11 is 0. The number of carbonyl (C=O) groups excluding carboxylic acids is 1. The van der Waals surface area contributed by atoms with Crippen LogP contribution in [0.15, 0.2) is 30.5 Å². The molecule has 0 radical (unpaired) electrons. The standard InChI is InChI=1S/C13H16N4O/c1-13(2,12(15)18)17-10-6-5-9(14)8-4-3-7-16-11(8)10/h3-7,17H,14H2,1-2H3,(H2,15,18). The number of carbonyl (C=O) groups is 1. The van der Waals surface area contributed by atoms with Crippen molar-refractivity contribution < 1.29 is 4.79 Å². The highest BCUT2D eigenvalue weighted by molar-refractivity contribution is 5.99. The minimum Gasteiger partial charge on any atom is -0.398 e. The lowest BCUT2D eigenvalue weighted by Gasteiger charge is -2.24. The van der Waals surface area contributed by atoms with E-state index < -0.39 is 11.4 Å². The Morgan fingerprint density at radius 2 is 2.06 bits per heavy atom. The summed E-state index contributed by atoms with van der Waals surface area (Å²) in [6, 6.07) is 7.29. The summed E-state index contributed by atoms with van der Waals surface area (Å²) in [4.78, 5) is 15.6. The maximum atomic E-state index is 11.3. The zero-order chi connectivity index (χ0) is 13.3. The molecule has 0 spiro atoms. The van der Waals surface area contributed by atoms with Gasteiger partial charge in [-0.05, 0) is 38.1 Å². The summed E-state index contributed by atoms with van der Waals surface area (Å²) < 4.78 is 0. The van der Waals surface area contributed by atoms with Crippen LogP contribution in [-0.4, -0.2) is 16.4 Å². The molecular formula is C13H16N4O. The van der Waals surface area contributed by atoms with Crippen molar-refractivity contribution >= 4 is 28.2 Å². The van der Waals surface area contributed by atoms with Gasteiger partial charge in [0.1, 0.15) is 5.54 Å². The molecule has 94 valence electrons. The second-order valence-electron chi connectivity index (χ2n) is 4.72. The first-order valence-electron chi connectivity index (χ1n) is 5.63. The van der Waals surface area contributed by atoms with E-state index in [0.29, 0.717) is 5.69 Å². The van der Waals surface area contributed by atoms with Crippen LogP contribution in [0.25, 0.3) is 10.9 Å². The number of nitrogens with two attached hydrogens (primary N) is 2. The van der Waals surface area contributed by atoms with Gasteiger partial charge < -0.3 is 16.8 Å². The summed E-state index contributed by atoms with van der Waals surface area (Å²) in [5.41, 5.74) is 12.5. The van der Waals surface area contributed by atoms with Crippen molar-refractivity contribution in [2.24, 2.45) is 5.73 Å². The number of pyridine rings is 1. The summed E-state index contributed by atoms with van der Waals surface area (Å²) in [6.45, 7) is 3.45. The van der Waals surface area contributed by atoms with Crippen LogP contribution in [-0.2, 0) is 4.79 Å². The van der Waals surface area contributed by atoms with Crippen molar-refractivity contribution in [1.29, 1.82) is 0 Å². The van der Waals surface area contributed by atoms with Gasteiger partial charge in [0.05, 0.1) is 11.2 Å². The fourth-order valence-corrected chi connectivity index (χ4v) is 1.69. The quantitative estimate of drug-likeness (QED) is 0.713. The number of fused-ring (bicyclic) bond motifs is 1. The van der Waals surface area contributed by atoms with Gasteiger partial charge in [0.25, 0.3) is 0 Å². The minimum absolute atomic E-state index is 0.427. The average molecular weight is 244 g/mol. The number of anilines is 2. The van der Waals surface area contributed by atoms with E-state index in [-0.39, 0.29) is 0 Å². The first-order chi connectivity index (χ1) is 8.42. The smallest absolute Gasteiger partial charge is 0.242 e. The Kier molecular flexibility index (Phi) is 2.82. The highest BCUT2D eigenvalue weighted by Gasteiger charge is 2.25. The summed E-state index contributed by atoms with van der Waals surface area (Å²) in [5.74, 6) is -0.427. The number of rotatable bonds is 3. The molecule has 1 amide bonds. The lowest BCUT2D eigenvalue weighted by molar-refractivity contribution is -0.121.